The number of carbonyl (C=O) groups excluding carboxylic acids is 1. The van der Waals surface area contributed by atoms with Gasteiger partial charge in [0.2, 0.25) is 0 Å². The number of aromatic nitrogens is 1. The Hall–Kier alpha value is -2.60. The van der Waals surface area contributed by atoms with Crippen molar-refractivity contribution in [1.29, 1.82) is 0 Å². The minimum atomic E-state index is -0.772. The van der Waals surface area contributed by atoms with E-state index >= 15 is 0 Å². The molecule has 0 spiro atoms. The van der Waals surface area contributed by atoms with E-state index in [0.717, 1.165) is 23.2 Å². The van der Waals surface area contributed by atoms with Crippen LogP contribution in [0.5, 0.6) is 0 Å². The van der Waals surface area contributed by atoms with E-state index in [-0.39, 0.29) is 23.3 Å². The van der Waals surface area contributed by atoms with Gasteiger partial charge < -0.3 is 19.7 Å². The maximum absolute atomic E-state index is 13.5. The molecule has 0 saturated heterocycles. The van der Waals surface area contributed by atoms with Crippen molar-refractivity contribution in [3.05, 3.63) is 52.3 Å². The molecule has 38 heavy (non-hydrogen) atoms. The first-order valence-electron chi connectivity index (χ1n) is 14.5. The maximum Gasteiger partial charge on any atom is 0.306 e. The summed E-state index contributed by atoms with van der Waals surface area (Å²) < 4.78 is 8.16. The van der Waals surface area contributed by atoms with E-state index < -0.39 is 11.6 Å². The van der Waals surface area contributed by atoms with Crippen LogP contribution in [0.1, 0.15) is 111 Å². The largest absolute Gasteiger partial charge is 0.481 e. The molecule has 0 unspecified atom stereocenters. The van der Waals surface area contributed by atoms with Gasteiger partial charge in [0.1, 0.15) is 0 Å². The summed E-state index contributed by atoms with van der Waals surface area (Å²) in [7, 11) is 1.76. The van der Waals surface area contributed by atoms with Gasteiger partial charge in [0.15, 0.2) is 0 Å². The average molecular weight is 521 g/mol. The predicted octanol–water partition coefficient (Wildman–Crippen LogP) is 6.43. The summed E-state index contributed by atoms with van der Waals surface area (Å²) in [6, 6.07) is 6.78. The fourth-order valence-electron chi connectivity index (χ4n) is 6.26. The highest BCUT2D eigenvalue weighted by Crippen LogP contribution is 2.49. The van der Waals surface area contributed by atoms with Gasteiger partial charge in [0.05, 0.1) is 17.1 Å². The monoisotopic (exact) mass is 520 g/mol. The minimum Gasteiger partial charge on any atom is -0.481 e. The molecule has 6 nitrogen and oxygen atoms in total. The molecule has 1 heterocycles. The molecule has 3 aliphatic carbocycles. The van der Waals surface area contributed by atoms with Crippen LogP contribution in [0.2, 0.25) is 0 Å². The first kappa shape index (κ1) is 27.0. The summed E-state index contributed by atoms with van der Waals surface area (Å²) in [5.41, 5.74) is 6.32. The van der Waals surface area contributed by atoms with Crippen LogP contribution >= 0.6 is 0 Å². The number of aliphatic carboxylic acids is 1. The van der Waals surface area contributed by atoms with E-state index in [2.05, 4.69) is 55.8 Å². The highest BCUT2D eigenvalue weighted by molar-refractivity contribution is 5.96. The molecule has 3 fully saturated rings. The number of carboxylic acids is 1. The topological polar surface area (TPSA) is 80.6 Å². The quantitative estimate of drug-likeness (QED) is 0.399. The number of nitrogens with zero attached hydrogens (tertiary/aromatic N) is 1. The Balaban J connectivity index is 1.53. The summed E-state index contributed by atoms with van der Waals surface area (Å²) >= 11 is 0. The van der Waals surface area contributed by atoms with Gasteiger partial charge in [0.25, 0.3) is 5.91 Å². The van der Waals surface area contributed by atoms with Crippen LogP contribution in [0.15, 0.2) is 24.4 Å². The lowest BCUT2D eigenvalue weighted by atomic mass is 9.80. The average Bonchev–Trinajstić information content (AvgIpc) is 3.55. The Labute approximate surface area is 227 Å². The van der Waals surface area contributed by atoms with Gasteiger partial charge in [0, 0.05) is 30.7 Å². The van der Waals surface area contributed by atoms with Crippen LogP contribution in [0.4, 0.5) is 0 Å². The summed E-state index contributed by atoms with van der Waals surface area (Å²) in [6.45, 7) is 8.63. The zero-order valence-corrected chi connectivity index (χ0v) is 23.7. The van der Waals surface area contributed by atoms with E-state index in [1.807, 2.05) is 6.20 Å². The van der Waals surface area contributed by atoms with Crippen LogP contribution in [-0.2, 0) is 27.0 Å². The van der Waals surface area contributed by atoms with Crippen molar-refractivity contribution >= 4 is 11.9 Å². The smallest absolute Gasteiger partial charge is 0.306 e. The van der Waals surface area contributed by atoms with Crippen LogP contribution in [0, 0.1) is 18.8 Å². The lowest BCUT2D eigenvalue weighted by Crippen LogP contribution is -2.46. The Morgan fingerprint density at radius 1 is 1.13 bits per heavy atom. The molecule has 206 valence electrons. The fourth-order valence-corrected chi connectivity index (χ4v) is 6.26. The van der Waals surface area contributed by atoms with Crippen molar-refractivity contribution in [3.8, 4) is 5.69 Å². The van der Waals surface area contributed by atoms with Crippen molar-refractivity contribution in [2.24, 2.45) is 11.8 Å². The van der Waals surface area contributed by atoms with Gasteiger partial charge in [-0.2, -0.15) is 0 Å². The second-order valence-electron chi connectivity index (χ2n) is 12.9. The lowest BCUT2D eigenvalue weighted by molar-refractivity contribution is -0.145. The third kappa shape index (κ3) is 5.29. The number of rotatable bonds is 9. The molecule has 1 amide bonds. The molecule has 0 bridgehead atoms. The van der Waals surface area contributed by atoms with E-state index in [9.17, 15) is 14.7 Å². The number of hydrogen-bond donors (Lipinski definition) is 2. The number of benzene rings is 1. The first-order chi connectivity index (χ1) is 18.0. The maximum atomic E-state index is 13.5. The van der Waals surface area contributed by atoms with E-state index in [1.165, 1.54) is 56.2 Å². The molecule has 3 aliphatic rings. The number of amides is 1. The molecule has 5 rings (SSSR count). The highest BCUT2D eigenvalue weighted by Gasteiger charge is 2.40. The van der Waals surface area contributed by atoms with Gasteiger partial charge in [-0.15, -0.1) is 0 Å². The third-order valence-corrected chi connectivity index (χ3v) is 9.76. The second-order valence-corrected chi connectivity index (χ2v) is 12.9. The zero-order chi connectivity index (χ0) is 27.2. The molecule has 6 heteroatoms. The first-order valence-corrected chi connectivity index (χ1v) is 14.5. The molecule has 3 saturated carbocycles. The fraction of sp³-hybridized carbons (Fsp3) is 0.625. The van der Waals surface area contributed by atoms with Gasteiger partial charge in [-0.3, -0.25) is 9.59 Å². The van der Waals surface area contributed by atoms with Crippen molar-refractivity contribution in [3.63, 3.8) is 0 Å². The van der Waals surface area contributed by atoms with Crippen LogP contribution < -0.4 is 5.32 Å². The van der Waals surface area contributed by atoms with Crippen molar-refractivity contribution in [2.75, 3.05) is 7.11 Å². The second kappa shape index (κ2) is 10.2. The molecular weight excluding hydrogens is 476 g/mol. The van der Waals surface area contributed by atoms with Gasteiger partial charge in [-0.1, -0.05) is 45.1 Å². The zero-order valence-electron chi connectivity index (χ0n) is 23.7. The third-order valence-electron chi connectivity index (χ3n) is 9.76. The lowest BCUT2D eigenvalue weighted by Gasteiger charge is -2.32. The Bertz CT molecular complexity index is 1210. The molecule has 2 N–H and O–H groups in total. The molecule has 1 aromatic heterocycles. The minimum absolute atomic E-state index is 0.0691. The number of methoxy groups -OCH3 is 1. The van der Waals surface area contributed by atoms with Gasteiger partial charge >= 0.3 is 5.97 Å². The summed E-state index contributed by atoms with van der Waals surface area (Å²) in [4.78, 5) is 24.7. The van der Waals surface area contributed by atoms with Crippen LogP contribution in [0.25, 0.3) is 5.69 Å². The van der Waals surface area contributed by atoms with E-state index in [1.54, 1.807) is 7.11 Å². The number of nitrogens with one attached hydrogen (secondary N) is 1. The Morgan fingerprint density at radius 2 is 1.82 bits per heavy atom. The number of ether oxygens (including phenoxy) is 1. The molecule has 0 atom stereocenters. The van der Waals surface area contributed by atoms with E-state index in [0.29, 0.717) is 24.3 Å². The van der Waals surface area contributed by atoms with Gasteiger partial charge in [-0.05, 0) is 93.0 Å². The molecule has 0 radical (unpaired) electrons. The van der Waals surface area contributed by atoms with Gasteiger partial charge in [-0.25, -0.2) is 0 Å². The summed E-state index contributed by atoms with van der Waals surface area (Å²) in [5, 5.41) is 12.3. The highest BCUT2D eigenvalue weighted by atomic mass is 16.5. The van der Waals surface area contributed by atoms with E-state index in [4.69, 9.17) is 4.74 Å². The molecule has 1 aromatic carbocycles. The summed E-state index contributed by atoms with van der Waals surface area (Å²) in [5.74, 6) is -0.578. The molecular formula is C32H44N2O4. The SMILES string of the molecule is COC(C)(C)c1cc(-n2cc(C(=O)NC3CC(C(=O)O)C3)c(C)c2CC2CCCCC2)cc(C2(C)CC2)c1. The standard InChI is InChI=1S/C32H44N2O4/c1-20-27(29(35)33-25-14-22(15-25)30(36)37)19-34(28(20)13-21-9-7-6-8-10-21)26-17-23(31(2,3)38-5)16-24(18-26)32(4)11-12-32/h16-19,21-22,25H,6-15H2,1-5H3,(H,33,35)(H,36,37). The Kier molecular flexibility index (Phi) is 7.23. The summed E-state index contributed by atoms with van der Waals surface area (Å²) in [6.07, 6.45) is 12.7. The molecule has 2 aromatic rings. The van der Waals surface area contributed by atoms with Crippen molar-refractivity contribution in [2.45, 2.75) is 109 Å². The number of carboxylic acid groups (broad SMARTS) is 1. The van der Waals surface area contributed by atoms with Crippen LogP contribution in [-0.4, -0.2) is 34.7 Å². The molecule has 0 aliphatic heterocycles. The Morgan fingerprint density at radius 3 is 2.42 bits per heavy atom. The predicted molar refractivity (Wildman–Crippen MR) is 149 cm³/mol. The van der Waals surface area contributed by atoms with Crippen molar-refractivity contribution in [1.82, 2.24) is 9.88 Å². The number of carbonyl (C=O) groups is 2. The van der Waals surface area contributed by atoms with Crippen LogP contribution in [0.3, 0.4) is 0 Å². The normalized spacial score (nSPS) is 23.1. The number of hydrogen-bond acceptors (Lipinski definition) is 3. The van der Waals surface area contributed by atoms with Crippen molar-refractivity contribution < 1.29 is 19.4 Å².